The van der Waals surface area contributed by atoms with Crippen LogP contribution < -0.4 is 0 Å². The van der Waals surface area contributed by atoms with E-state index in [4.69, 9.17) is 5.11 Å². The van der Waals surface area contributed by atoms with Gasteiger partial charge in [0.1, 0.15) is 5.78 Å². The van der Waals surface area contributed by atoms with Crippen LogP contribution in [0.1, 0.15) is 6.92 Å². The van der Waals surface area contributed by atoms with Gasteiger partial charge in [0.25, 0.3) is 0 Å². The van der Waals surface area contributed by atoms with E-state index in [1.54, 1.807) is 0 Å². The topological polar surface area (TPSA) is 54.4 Å². The summed E-state index contributed by atoms with van der Waals surface area (Å²) in [5.74, 6) is -0.760. The molecule has 4 heteroatoms. The minimum Gasteiger partial charge on any atom is -0.481 e. The second kappa shape index (κ2) is 4.45. The minimum atomic E-state index is -0.824. The van der Waals surface area contributed by atoms with Gasteiger partial charge in [0.2, 0.25) is 0 Å². The van der Waals surface area contributed by atoms with Crippen LogP contribution in [0.5, 0.6) is 0 Å². The molecule has 3 nitrogen and oxygen atoms in total. The van der Waals surface area contributed by atoms with Crippen molar-refractivity contribution < 1.29 is 14.7 Å². The SMILES string of the molecule is CC(=O)CPCC(=O)O. The number of hydrogen-bond donors (Lipinski definition) is 1. The third kappa shape index (κ3) is 7.57. The first-order chi connectivity index (χ1) is 4.13. The highest BCUT2D eigenvalue weighted by atomic mass is 31.1. The molecule has 1 atom stereocenters. The predicted molar refractivity (Wildman–Crippen MR) is 36.4 cm³/mol. The first-order valence-corrected chi connectivity index (χ1v) is 3.96. The second-order valence-corrected chi connectivity index (χ2v) is 2.91. The number of carbonyl (C=O) groups excluding carboxylic acids is 1. The first kappa shape index (κ1) is 8.57. The molecule has 0 spiro atoms. The van der Waals surface area contributed by atoms with Gasteiger partial charge in [-0.15, -0.1) is 8.58 Å². The zero-order valence-electron chi connectivity index (χ0n) is 5.18. The predicted octanol–water partition coefficient (Wildman–Crippen LogP) is 0.339. The van der Waals surface area contributed by atoms with Crippen LogP contribution in [-0.4, -0.2) is 29.2 Å². The molecule has 0 heterocycles. The molecule has 0 fully saturated rings. The van der Waals surface area contributed by atoms with Gasteiger partial charge in [-0.3, -0.25) is 9.59 Å². The van der Waals surface area contributed by atoms with Gasteiger partial charge in [-0.25, -0.2) is 0 Å². The molecular weight excluding hydrogens is 139 g/mol. The summed E-state index contributed by atoms with van der Waals surface area (Å²) in [6.45, 7) is 1.47. The Hall–Kier alpha value is -0.430. The van der Waals surface area contributed by atoms with Crippen LogP contribution in [0, 0.1) is 0 Å². The highest BCUT2D eigenvalue weighted by Gasteiger charge is 1.97. The second-order valence-electron chi connectivity index (χ2n) is 1.70. The lowest BCUT2D eigenvalue weighted by molar-refractivity contribution is -0.133. The highest BCUT2D eigenvalue weighted by molar-refractivity contribution is 7.40. The molecule has 0 aromatic heterocycles. The Morgan fingerprint density at radius 1 is 1.44 bits per heavy atom. The summed E-state index contributed by atoms with van der Waals surface area (Å²) in [6.07, 6.45) is 0.534. The average molecular weight is 148 g/mol. The van der Waals surface area contributed by atoms with Crippen molar-refractivity contribution in [3.05, 3.63) is 0 Å². The van der Waals surface area contributed by atoms with Gasteiger partial charge in [-0.1, -0.05) is 0 Å². The minimum absolute atomic E-state index is 0.0644. The van der Waals surface area contributed by atoms with Crippen LogP contribution >= 0.6 is 8.58 Å². The van der Waals surface area contributed by atoms with Crippen LogP contribution in [0.2, 0.25) is 0 Å². The normalized spacial score (nSPS) is 10.3. The van der Waals surface area contributed by atoms with Gasteiger partial charge in [-0.05, 0) is 6.92 Å². The number of ketones is 1. The van der Waals surface area contributed by atoms with Crippen molar-refractivity contribution in [2.75, 3.05) is 12.3 Å². The van der Waals surface area contributed by atoms with Crippen LogP contribution in [-0.2, 0) is 9.59 Å². The molecule has 0 radical (unpaired) electrons. The molecule has 52 valence electrons. The number of carboxylic acid groups (broad SMARTS) is 1. The molecule has 0 bridgehead atoms. The molecule has 0 amide bonds. The molecule has 9 heavy (non-hydrogen) atoms. The number of hydrogen-bond acceptors (Lipinski definition) is 2. The van der Waals surface area contributed by atoms with Gasteiger partial charge in [-0.2, -0.15) is 0 Å². The van der Waals surface area contributed by atoms with Crippen LogP contribution in [0.4, 0.5) is 0 Å². The van der Waals surface area contributed by atoms with E-state index in [0.717, 1.165) is 0 Å². The van der Waals surface area contributed by atoms with Gasteiger partial charge >= 0.3 is 5.97 Å². The van der Waals surface area contributed by atoms with E-state index in [1.165, 1.54) is 6.92 Å². The van der Waals surface area contributed by atoms with E-state index in [2.05, 4.69) is 0 Å². The van der Waals surface area contributed by atoms with E-state index in [1.807, 2.05) is 0 Å². The molecule has 0 aliphatic rings. The lowest BCUT2D eigenvalue weighted by Gasteiger charge is -1.90. The molecule has 0 saturated carbocycles. The number of carbonyl (C=O) groups is 2. The number of carboxylic acids is 1. The van der Waals surface area contributed by atoms with Crippen molar-refractivity contribution in [3.63, 3.8) is 0 Å². The van der Waals surface area contributed by atoms with E-state index in [-0.39, 0.29) is 20.5 Å². The Balaban J connectivity index is 3.10. The van der Waals surface area contributed by atoms with Gasteiger partial charge in [0.05, 0.1) is 6.16 Å². The summed E-state index contributed by atoms with van der Waals surface area (Å²) in [5, 5.41) is 8.12. The molecule has 0 aromatic carbocycles. The van der Waals surface area contributed by atoms with Crippen molar-refractivity contribution in [1.82, 2.24) is 0 Å². The van der Waals surface area contributed by atoms with Crippen molar-refractivity contribution in [3.8, 4) is 0 Å². The summed E-state index contributed by atoms with van der Waals surface area (Å²) < 4.78 is 0. The average Bonchev–Trinajstić information content (AvgIpc) is 1.63. The maximum Gasteiger partial charge on any atom is 0.307 e. The third-order valence-electron chi connectivity index (χ3n) is 0.650. The summed E-state index contributed by atoms with van der Waals surface area (Å²) in [7, 11) is 0.244. The van der Waals surface area contributed by atoms with Crippen LogP contribution in [0.15, 0.2) is 0 Å². The molecule has 1 unspecified atom stereocenters. The lowest BCUT2D eigenvalue weighted by Crippen LogP contribution is -2.00. The molecular formula is C5H9O3P. The fourth-order valence-electron chi connectivity index (χ4n) is 0.345. The fourth-order valence-corrected chi connectivity index (χ4v) is 1.04. The molecule has 0 saturated heterocycles. The summed E-state index contributed by atoms with van der Waals surface area (Å²) in [4.78, 5) is 20.1. The largest absolute Gasteiger partial charge is 0.481 e. The van der Waals surface area contributed by atoms with E-state index in [0.29, 0.717) is 6.16 Å². The maximum atomic E-state index is 10.2. The molecule has 0 aliphatic heterocycles. The van der Waals surface area contributed by atoms with Crippen molar-refractivity contribution in [1.29, 1.82) is 0 Å². The van der Waals surface area contributed by atoms with Crippen molar-refractivity contribution in [2.45, 2.75) is 6.92 Å². The number of Topliss-reactive ketones (excluding diaryl/α,β-unsaturated/α-hetero) is 1. The maximum absolute atomic E-state index is 10.2. The molecule has 0 rings (SSSR count). The van der Waals surface area contributed by atoms with Crippen molar-refractivity contribution in [2.24, 2.45) is 0 Å². The van der Waals surface area contributed by atoms with Crippen LogP contribution in [0.3, 0.4) is 0 Å². The molecule has 1 N–H and O–H groups in total. The Kier molecular flexibility index (Phi) is 4.24. The van der Waals surface area contributed by atoms with Gasteiger partial charge < -0.3 is 5.11 Å². The van der Waals surface area contributed by atoms with E-state index >= 15 is 0 Å². The Morgan fingerprint density at radius 2 is 2.00 bits per heavy atom. The van der Waals surface area contributed by atoms with E-state index < -0.39 is 5.97 Å². The quantitative estimate of drug-likeness (QED) is 0.585. The zero-order valence-corrected chi connectivity index (χ0v) is 6.18. The van der Waals surface area contributed by atoms with E-state index in [9.17, 15) is 9.59 Å². The summed E-state index contributed by atoms with van der Waals surface area (Å²) in [5.41, 5.74) is 0. The fraction of sp³-hybridized carbons (Fsp3) is 0.600. The smallest absolute Gasteiger partial charge is 0.307 e. The van der Waals surface area contributed by atoms with Gasteiger partial charge in [0, 0.05) is 6.16 Å². The number of rotatable bonds is 4. The van der Waals surface area contributed by atoms with Gasteiger partial charge in [0.15, 0.2) is 0 Å². The Bertz CT molecular complexity index is 107. The van der Waals surface area contributed by atoms with Crippen LogP contribution in [0.25, 0.3) is 0 Å². The number of aliphatic carboxylic acids is 1. The zero-order chi connectivity index (χ0) is 7.28. The third-order valence-corrected chi connectivity index (χ3v) is 1.95. The summed E-state index contributed by atoms with van der Waals surface area (Å²) >= 11 is 0. The standard InChI is InChI=1S/C5H9O3P/c1-4(6)2-9-3-5(7)8/h9H,2-3H2,1H3,(H,7,8). The first-order valence-electron chi connectivity index (χ1n) is 2.55. The van der Waals surface area contributed by atoms with Crippen molar-refractivity contribution >= 4 is 20.3 Å². The Labute approximate surface area is 55.2 Å². The molecule has 0 aliphatic carbocycles. The highest BCUT2D eigenvalue weighted by Crippen LogP contribution is 2.07. The molecule has 0 aromatic rings. The lowest BCUT2D eigenvalue weighted by atomic mass is 10.5. The summed E-state index contributed by atoms with van der Waals surface area (Å²) in [6, 6.07) is 0. The Morgan fingerprint density at radius 3 is 2.33 bits per heavy atom. The monoisotopic (exact) mass is 148 g/mol.